The number of hydrogen-bond donors (Lipinski definition) is 1. The normalized spacial score (nSPS) is 12.5. The topological polar surface area (TPSA) is 44.5 Å². The van der Waals surface area contributed by atoms with Crippen LogP contribution in [0.1, 0.15) is 24.5 Å². The first kappa shape index (κ1) is 15.7. The van der Waals surface area contributed by atoms with E-state index in [1.807, 2.05) is 67.6 Å². The molecular weight excluding hydrogens is 262 g/mol. The van der Waals surface area contributed by atoms with Gasteiger partial charge in [-0.05, 0) is 17.5 Å². The van der Waals surface area contributed by atoms with Gasteiger partial charge in [0.15, 0.2) is 6.29 Å². The zero-order valence-corrected chi connectivity index (χ0v) is 12.4. The molecule has 0 unspecified atom stereocenters. The van der Waals surface area contributed by atoms with E-state index < -0.39 is 6.29 Å². The van der Waals surface area contributed by atoms with Gasteiger partial charge in [0, 0.05) is 0 Å². The Hall–Kier alpha value is -1.68. The van der Waals surface area contributed by atoms with E-state index >= 15 is 0 Å². The molecule has 0 radical (unpaired) electrons. The molecule has 2 aromatic carbocycles. The molecule has 112 valence electrons. The molecule has 21 heavy (non-hydrogen) atoms. The van der Waals surface area contributed by atoms with E-state index in [-0.39, 0.29) is 6.04 Å². The highest BCUT2D eigenvalue weighted by atomic mass is 16.7. The first-order chi connectivity index (χ1) is 10.3. The molecule has 0 saturated carbocycles. The van der Waals surface area contributed by atoms with Gasteiger partial charge in [-0.1, -0.05) is 67.6 Å². The maximum atomic E-state index is 6.10. The van der Waals surface area contributed by atoms with Gasteiger partial charge in [0.25, 0.3) is 0 Å². The monoisotopic (exact) mass is 285 g/mol. The Morgan fingerprint density at radius 3 is 1.62 bits per heavy atom. The van der Waals surface area contributed by atoms with Crippen LogP contribution in [-0.2, 0) is 22.7 Å². The van der Waals surface area contributed by atoms with Crippen LogP contribution in [0, 0.1) is 0 Å². The number of benzene rings is 2. The lowest BCUT2D eigenvalue weighted by Gasteiger charge is -2.23. The first-order valence-electron chi connectivity index (χ1n) is 7.36. The summed E-state index contributed by atoms with van der Waals surface area (Å²) in [5.74, 6) is 0. The van der Waals surface area contributed by atoms with Crippen molar-refractivity contribution in [1.29, 1.82) is 0 Å². The molecular formula is C18H23NO2. The molecule has 0 saturated heterocycles. The van der Waals surface area contributed by atoms with Crippen molar-refractivity contribution in [3.05, 3.63) is 71.8 Å². The van der Waals surface area contributed by atoms with Crippen molar-refractivity contribution in [3.8, 4) is 0 Å². The van der Waals surface area contributed by atoms with Crippen LogP contribution in [0.15, 0.2) is 60.7 Å². The van der Waals surface area contributed by atoms with Crippen molar-refractivity contribution < 1.29 is 9.47 Å². The number of hydrogen-bond acceptors (Lipinski definition) is 3. The number of nitrogens with two attached hydrogens (primary N) is 1. The summed E-state index contributed by atoms with van der Waals surface area (Å²) in [5.41, 5.74) is 8.33. The zero-order valence-electron chi connectivity index (χ0n) is 12.4. The summed E-state index contributed by atoms with van der Waals surface area (Å²) in [5, 5.41) is 0. The Bertz CT molecular complexity index is 458. The molecule has 0 aliphatic rings. The maximum Gasteiger partial charge on any atom is 0.173 e. The van der Waals surface area contributed by atoms with Crippen LogP contribution in [0.2, 0.25) is 0 Å². The highest BCUT2D eigenvalue weighted by molar-refractivity contribution is 5.14. The van der Waals surface area contributed by atoms with E-state index in [9.17, 15) is 0 Å². The predicted octanol–water partition coefficient (Wildman–Crippen LogP) is 3.48. The van der Waals surface area contributed by atoms with Gasteiger partial charge in [-0.3, -0.25) is 0 Å². The van der Waals surface area contributed by atoms with Gasteiger partial charge in [0.2, 0.25) is 0 Å². The minimum atomic E-state index is -0.393. The van der Waals surface area contributed by atoms with E-state index in [2.05, 4.69) is 0 Å². The summed E-state index contributed by atoms with van der Waals surface area (Å²) in [6.45, 7) is 3.05. The highest BCUT2D eigenvalue weighted by Gasteiger charge is 2.17. The summed E-state index contributed by atoms with van der Waals surface area (Å²) in [4.78, 5) is 0. The molecule has 3 heteroatoms. The lowest BCUT2D eigenvalue weighted by molar-refractivity contribution is -0.168. The second-order valence-electron chi connectivity index (χ2n) is 5.03. The molecule has 0 heterocycles. The van der Waals surface area contributed by atoms with Crippen molar-refractivity contribution >= 4 is 0 Å². The Morgan fingerprint density at radius 1 is 0.810 bits per heavy atom. The molecule has 0 aromatic heterocycles. The van der Waals surface area contributed by atoms with Gasteiger partial charge in [-0.15, -0.1) is 0 Å². The van der Waals surface area contributed by atoms with Crippen LogP contribution >= 0.6 is 0 Å². The second-order valence-corrected chi connectivity index (χ2v) is 5.03. The van der Waals surface area contributed by atoms with Gasteiger partial charge in [-0.25, -0.2) is 0 Å². The fraction of sp³-hybridized carbons (Fsp3) is 0.333. The van der Waals surface area contributed by atoms with Crippen LogP contribution in [-0.4, -0.2) is 12.3 Å². The average molecular weight is 285 g/mol. The van der Waals surface area contributed by atoms with Gasteiger partial charge < -0.3 is 15.2 Å². The molecule has 0 aliphatic carbocycles. The third-order valence-electron chi connectivity index (χ3n) is 3.34. The Balaban J connectivity index is 1.88. The summed E-state index contributed by atoms with van der Waals surface area (Å²) < 4.78 is 11.7. The van der Waals surface area contributed by atoms with E-state index in [1.165, 1.54) is 0 Å². The van der Waals surface area contributed by atoms with Gasteiger partial charge in [0.05, 0.1) is 19.3 Å². The fourth-order valence-corrected chi connectivity index (χ4v) is 1.99. The molecule has 0 aliphatic heterocycles. The third kappa shape index (κ3) is 5.31. The van der Waals surface area contributed by atoms with Crippen LogP contribution < -0.4 is 5.73 Å². The molecule has 2 rings (SSSR count). The third-order valence-corrected chi connectivity index (χ3v) is 3.34. The molecule has 0 bridgehead atoms. The Kier molecular flexibility index (Phi) is 6.41. The average Bonchev–Trinajstić information content (AvgIpc) is 2.56. The summed E-state index contributed by atoms with van der Waals surface area (Å²) >= 11 is 0. The maximum absolute atomic E-state index is 6.10. The van der Waals surface area contributed by atoms with Crippen molar-refractivity contribution in [2.75, 3.05) is 0 Å². The lowest BCUT2D eigenvalue weighted by atomic mass is 10.2. The second kappa shape index (κ2) is 8.57. The lowest BCUT2D eigenvalue weighted by Crippen LogP contribution is -2.38. The first-order valence-corrected chi connectivity index (χ1v) is 7.36. The minimum absolute atomic E-state index is 0.127. The van der Waals surface area contributed by atoms with Crippen LogP contribution in [0.3, 0.4) is 0 Å². The van der Waals surface area contributed by atoms with Gasteiger partial charge >= 0.3 is 0 Å². The summed E-state index contributed by atoms with van der Waals surface area (Å²) in [6.07, 6.45) is 0.421. The van der Waals surface area contributed by atoms with Crippen LogP contribution in [0.4, 0.5) is 0 Å². The van der Waals surface area contributed by atoms with E-state index in [0.29, 0.717) is 13.2 Å². The molecule has 2 N–H and O–H groups in total. The standard InChI is InChI=1S/C18H23NO2/c1-2-17(19)18(20-13-15-9-5-3-6-10-15)21-14-16-11-7-4-8-12-16/h3-12,17-18H,2,13-14,19H2,1H3/t17-/m0/s1. The molecule has 0 amide bonds. The van der Waals surface area contributed by atoms with Crippen molar-refractivity contribution in [3.63, 3.8) is 0 Å². The van der Waals surface area contributed by atoms with Crippen molar-refractivity contribution in [1.82, 2.24) is 0 Å². The van der Waals surface area contributed by atoms with Crippen LogP contribution in [0.25, 0.3) is 0 Å². The zero-order chi connectivity index (χ0) is 14.9. The van der Waals surface area contributed by atoms with E-state index in [1.54, 1.807) is 0 Å². The Morgan fingerprint density at radius 2 is 1.24 bits per heavy atom. The summed E-state index contributed by atoms with van der Waals surface area (Å²) in [6, 6.07) is 20.0. The van der Waals surface area contributed by atoms with Gasteiger partial charge in [0.1, 0.15) is 0 Å². The number of rotatable bonds is 8. The highest BCUT2D eigenvalue weighted by Crippen LogP contribution is 2.11. The molecule has 0 spiro atoms. The molecule has 2 aromatic rings. The minimum Gasteiger partial charge on any atom is -0.346 e. The van der Waals surface area contributed by atoms with Crippen molar-refractivity contribution in [2.45, 2.75) is 38.9 Å². The van der Waals surface area contributed by atoms with Gasteiger partial charge in [-0.2, -0.15) is 0 Å². The quantitative estimate of drug-likeness (QED) is 0.755. The fourth-order valence-electron chi connectivity index (χ4n) is 1.99. The van der Waals surface area contributed by atoms with E-state index in [0.717, 1.165) is 17.5 Å². The summed E-state index contributed by atoms with van der Waals surface area (Å²) in [7, 11) is 0. The van der Waals surface area contributed by atoms with Crippen molar-refractivity contribution in [2.24, 2.45) is 5.73 Å². The van der Waals surface area contributed by atoms with Crippen LogP contribution in [0.5, 0.6) is 0 Å². The number of ether oxygens (including phenoxy) is 2. The molecule has 3 nitrogen and oxygen atoms in total. The molecule has 0 fully saturated rings. The SMILES string of the molecule is CC[C@H](N)C(OCc1ccccc1)OCc1ccccc1. The van der Waals surface area contributed by atoms with E-state index in [4.69, 9.17) is 15.2 Å². The smallest absolute Gasteiger partial charge is 0.173 e. The molecule has 1 atom stereocenters. The largest absolute Gasteiger partial charge is 0.346 e. The predicted molar refractivity (Wildman–Crippen MR) is 84.5 cm³/mol. The Labute approximate surface area is 126 Å².